The molecule has 0 bridgehead atoms. The van der Waals surface area contributed by atoms with Gasteiger partial charge in [0.25, 0.3) is 5.91 Å². The highest BCUT2D eigenvalue weighted by molar-refractivity contribution is 6.03. The lowest BCUT2D eigenvalue weighted by molar-refractivity contribution is 0.102. The van der Waals surface area contributed by atoms with E-state index >= 15 is 0 Å². The standard InChI is InChI=1S/C18H18N8O2/c19-17-21-9-12(10-22-17)14-8-15(16(27)23-13-2-1-3-20-11-13)25-18(24-14)26-4-6-28-7-5-26/h1-3,8-11H,4-7H2,(H,23,27)(H2,19,21,22). The van der Waals surface area contributed by atoms with Gasteiger partial charge in [-0.15, -0.1) is 0 Å². The van der Waals surface area contributed by atoms with E-state index in [1.807, 2.05) is 4.90 Å². The Morgan fingerprint density at radius 3 is 2.64 bits per heavy atom. The van der Waals surface area contributed by atoms with Crippen LogP contribution in [0.2, 0.25) is 0 Å². The highest BCUT2D eigenvalue weighted by Crippen LogP contribution is 2.21. The molecule has 0 aromatic carbocycles. The molecular weight excluding hydrogens is 360 g/mol. The summed E-state index contributed by atoms with van der Waals surface area (Å²) in [5.74, 6) is 0.261. The van der Waals surface area contributed by atoms with Crippen molar-refractivity contribution in [3.8, 4) is 11.3 Å². The SMILES string of the molecule is Nc1ncc(-c2cc(C(=O)Nc3cccnc3)nc(N3CCOCC3)n2)cn1. The second-order valence-corrected chi connectivity index (χ2v) is 6.06. The van der Waals surface area contributed by atoms with Gasteiger partial charge in [-0.3, -0.25) is 9.78 Å². The van der Waals surface area contributed by atoms with Crippen molar-refractivity contribution < 1.29 is 9.53 Å². The molecule has 1 aliphatic rings. The molecule has 0 saturated carbocycles. The molecule has 3 aromatic rings. The van der Waals surface area contributed by atoms with Crippen molar-refractivity contribution in [1.29, 1.82) is 0 Å². The second kappa shape index (κ2) is 7.92. The summed E-state index contributed by atoms with van der Waals surface area (Å²) in [5.41, 5.74) is 7.55. The molecule has 1 fully saturated rings. The number of nitrogen functional groups attached to an aromatic ring is 1. The lowest BCUT2D eigenvalue weighted by atomic mass is 10.2. The number of rotatable bonds is 4. The normalized spacial score (nSPS) is 13.9. The van der Waals surface area contributed by atoms with E-state index in [0.29, 0.717) is 49.2 Å². The Morgan fingerprint density at radius 1 is 1.14 bits per heavy atom. The minimum absolute atomic E-state index is 0.167. The predicted molar refractivity (Wildman–Crippen MR) is 103 cm³/mol. The molecule has 4 heterocycles. The van der Waals surface area contributed by atoms with Crippen molar-refractivity contribution in [3.63, 3.8) is 0 Å². The maximum Gasteiger partial charge on any atom is 0.274 e. The van der Waals surface area contributed by atoms with Crippen LogP contribution in [0.5, 0.6) is 0 Å². The minimum Gasteiger partial charge on any atom is -0.378 e. The fourth-order valence-corrected chi connectivity index (χ4v) is 2.71. The Labute approximate surface area is 160 Å². The van der Waals surface area contributed by atoms with Gasteiger partial charge in [-0.05, 0) is 18.2 Å². The van der Waals surface area contributed by atoms with Crippen LogP contribution in [0, 0.1) is 0 Å². The Kier molecular flexibility index (Phi) is 5.02. The van der Waals surface area contributed by atoms with Crippen molar-refractivity contribution in [2.24, 2.45) is 0 Å². The number of nitrogens with two attached hydrogens (primary N) is 1. The van der Waals surface area contributed by atoms with E-state index in [-0.39, 0.29) is 17.5 Å². The van der Waals surface area contributed by atoms with E-state index in [2.05, 4.69) is 30.2 Å². The molecule has 1 amide bonds. The summed E-state index contributed by atoms with van der Waals surface area (Å²) in [5, 5.41) is 2.79. The van der Waals surface area contributed by atoms with Gasteiger partial charge in [-0.25, -0.2) is 19.9 Å². The number of aromatic nitrogens is 5. The first kappa shape index (κ1) is 17.7. The van der Waals surface area contributed by atoms with Gasteiger partial charge in [-0.2, -0.15) is 0 Å². The van der Waals surface area contributed by atoms with Gasteiger partial charge in [-0.1, -0.05) is 0 Å². The van der Waals surface area contributed by atoms with Crippen molar-refractivity contribution in [2.75, 3.05) is 42.3 Å². The molecule has 28 heavy (non-hydrogen) atoms. The molecule has 0 atom stereocenters. The summed E-state index contributed by atoms with van der Waals surface area (Å²) < 4.78 is 5.39. The van der Waals surface area contributed by atoms with Crippen LogP contribution in [-0.2, 0) is 4.74 Å². The molecule has 0 spiro atoms. The van der Waals surface area contributed by atoms with E-state index in [1.54, 1.807) is 43.0 Å². The van der Waals surface area contributed by atoms with Gasteiger partial charge in [0.1, 0.15) is 5.69 Å². The number of carbonyl (C=O) groups excluding carboxylic acids is 1. The molecule has 0 aliphatic carbocycles. The van der Waals surface area contributed by atoms with Gasteiger partial charge in [0.15, 0.2) is 0 Å². The lowest BCUT2D eigenvalue weighted by Crippen LogP contribution is -2.37. The smallest absolute Gasteiger partial charge is 0.274 e. The van der Waals surface area contributed by atoms with Crippen molar-refractivity contribution in [1.82, 2.24) is 24.9 Å². The molecule has 0 unspecified atom stereocenters. The van der Waals surface area contributed by atoms with Crippen molar-refractivity contribution in [3.05, 3.63) is 48.7 Å². The Morgan fingerprint density at radius 2 is 1.93 bits per heavy atom. The molecule has 142 valence electrons. The fourth-order valence-electron chi connectivity index (χ4n) is 2.71. The molecular formula is C18H18N8O2. The molecule has 3 aromatic heterocycles. The third kappa shape index (κ3) is 4.01. The predicted octanol–water partition coefficient (Wildman–Crippen LogP) is 1.000. The maximum absolute atomic E-state index is 12.8. The van der Waals surface area contributed by atoms with Crippen LogP contribution < -0.4 is 16.0 Å². The number of nitrogens with zero attached hydrogens (tertiary/aromatic N) is 6. The summed E-state index contributed by atoms with van der Waals surface area (Å²) in [6.45, 7) is 2.45. The molecule has 0 radical (unpaired) electrons. The average Bonchev–Trinajstić information content (AvgIpc) is 2.75. The highest BCUT2D eigenvalue weighted by Gasteiger charge is 2.19. The Hall–Kier alpha value is -3.66. The lowest BCUT2D eigenvalue weighted by Gasteiger charge is -2.27. The van der Waals surface area contributed by atoms with Crippen LogP contribution in [-0.4, -0.2) is 57.1 Å². The minimum atomic E-state index is -0.359. The first-order valence-electron chi connectivity index (χ1n) is 8.70. The largest absolute Gasteiger partial charge is 0.378 e. The third-order valence-electron chi connectivity index (χ3n) is 4.13. The quantitative estimate of drug-likeness (QED) is 0.682. The van der Waals surface area contributed by atoms with E-state index in [4.69, 9.17) is 10.5 Å². The van der Waals surface area contributed by atoms with Crippen LogP contribution in [0.15, 0.2) is 43.0 Å². The zero-order valence-corrected chi connectivity index (χ0v) is 14.9. The summed E-state index contributed by atoms with van der Waals surface area (Å²) in [4.78, 5) is 35.8. The van der Waals surface area contributed by atoms with Crippen LogP contribution in [0.3, 0.4) is 0 Å². The van der Waals surface area contributed by atoms with Crippen LogP contribution in [0.25, 0.3) is 11.3 Å². The van der Waals surface area contributed by atoms with E-state index < -0.39 is 0 Å². The summed E-state index contributed by atoms with van der Waals surface area (Å²) in [6.07, 6.45) is 6.33. The van der Waals surface area contributed by atoms with E-state index in [9.17, 15) is 4.79 Å². The summed E-state index contributed by atoms with van der Waals surface area (Å²) in [7, 11) is 0. The number of hydrogen-bond donors (Lipinski definition) is 2. The number of nitrogens with one attached hydrogen (secondary N) is 1. The number of pyridine rings is 1. The fraction of sp³-hybridized carbons (Fsp3) is 0.222. The molecule has 10 heteroatoms. The highest BCUT2D eigenvalue weighted by atomic mass is 16.5. The van der Waals surface area contributed by atoms with Crippen LogP contribution in [0.4, 0.5) is 17.6 Å². The van der Waals surface area contributed by atoms with Crippen LogP contribution in [0.1, 0.15) is 10.5 Å². The molecule has 1 aliphatic heterocycles. The number of hydrogen-bond acceptors (Lipinski definition) is 9. The average molecular weight is 378 g/mol. The van der Waals surface area contributed by atoms with Crippen molar-refractivity contribution in [2.45, 2.75) is 0 Å². The Bertz CT molecular complexity index is 959. The number of anilines is 3. The maximum atomic E-state index is 12.8. The van der Waals surface area contributed by atoms with Gasteiger partial charge >= 0.3 is 0 Å². The van der Waals surface area contributed by atoms with E-state index in [1.165, 1.54) is 0 Å². The number of ether oxygens (including phenoxy) is 1. The summed E-state index contributed by atoms with van der Waals surface area (Å²) >= 11 is 0. The molecule has 10 nitrogen and oxygen atoms in total. The first-order chi connectivity index (χ1) is 13.7. The molecule has 4 rings (SSSR count). The van der Waals surface area contributed by atoms with Gasteiger partial charge in [0.2, 0.25) is 11.9 Å². The monoisotopic (exact) mass is 378 g/mol. The molecule has 3 N–H and O–H groups in total. The topological polar surface area (TPSA) is 132 Å². The van der Waals surface area contributed by atoms with Gasteiger partial charge < -0.3 is 20.7 Å². The zero-order chi connectivity index (χ0) is 19.3. The van der Waals surface area contributed by atoms with Crippen molar-refractivity contribution >= 4 is 23.5 Å². The molecule has 1 saturated heterocycles. The Balaban J connectivity index is 1.70. The third-order valence-corrected chi connectivity index (χ3v) is 4.13. The van der Waals surface area contributed by atoms with Gasteiger partial charge in [0.05, 0.1) is 30.8 Å². The zero-order valence-electron chi connectivity index (χ0n) is 14.9. The summed E-state index contributed by atoms with van der Waals surface area (Å²) in [6, 6.07) is 5.10. The first-order valence-corrected chi connectivity index (χ1v) is 8.70. The van der Waals surface area contributed by atoms with Crippen LogP contribution >= 0.6 is 0 Å². The van der Waals surface area contributed by atoms with E-state index in [0.717, 1.165) is 0 Å². The number of carbonyl (C=O) groups is 1. The number of amides is 1. The van der Waals surface area contributed by atoms with Gasteiger partial charge in [0, 0.05) is 37.2 Å². The second-order valence-electron chi connectivity index (χ2n) is 6.06. The number of morpholine rings is 1.